The summed E-state index contributed by atoms with van der Waals surface area (Å²) in [5.74, 6) is 1.03. The molecule has 2 unspecified atom stereocenters. The van der Waals surface area contributed by atoms with Crippen LogP contribution < -0.4 is 15.7 Å². The monoisotopic (exact) mass is 235 g/mol. The molecule has 92 valence electrons. The van der Waals surface area contributed by atoms with E-state index < -0.39 is 0 Å². The lowest BCUT2D eigenvalue weighted by Crippen LogP contribution is -2.26. The van der Waals surface area contributed by atoms with Crippen molar-refractivity contribution in [1.29, 1.82) is 0 Å². The van der Waals surface area contributed by atoms with E-state index in [0.29, 0.717) is 11.8 Å². The molecular formula is C13H17NO3. The smallest absolute Gasteiger partial charge is 0.290 e. The summed E-state index contributed by atoms with van der Waals surface area (Å²) in [6.45, 7) is 4.27. The predicted molar refractivity (Wildman–Crippen MR) is 65.6 cm³/mol. The Morgan fingerprint density at radius 1 is 1.24 bits per heavy atom. The molecule has 0 aliphatic heterocycles. The van der Waals surface area contributed by atoms with Crippen LogP contribution in [0.1, 0.15) is 25.1 Å². The van der Waals surface area contributed by atoms with Crippen LogP contribution in [0.3, 0.4) is 0 Å². The number of hydrogen-bond donors (Lipinski definition) is 1. The van der Waals surface area contributed by atoms with E-state index in [0.717, 1.165) is 24.1 Å². The van der Waals surface area contributed by atoms with E-state index in [1.807, 2.05) is 0 Å². The van der Waals surface area contributed by atoms with E-state index in [2.05, 4.69) is 18.8 Å². The van der Waals surface area contributed by atoms with Gasteiger partial charge in [-0.15, -0.1) is 0 Å². The molecule has 0 radical (unpaired) electrons. The third kappa shape index (κ3) is 2.12. The summed E-state index contributed by atoms with van der Waals surface area (Å²) in [7, 11) is 1.40. The second-order valence-electron chi connectivity index (χ2n) is 4.85. The third-order valence-electron chi connectivity index (χ3n) is 3.66. The molecule has 1 aliphatic carbocycles. The molecule has 2 rings (SSSR count). The van der Waals surface area contributed by atoms with Crippen LogP contribution >= 0.6 is 0 Å². The summed E-state index contributed by atoms with van der Waals surface area (Å²) >= 11 is 0. The minimum absolute atomic E-state index is 0.0877. The van der Waals surface area contributed by atoms with Gasteiger partial charge in [0.25, 0.3) is 5.56 Å². The molecule has 1 aromatic heterocycles. The maximum Gasteiger partial charge on any atom is 0.290 e. The number of hydrogen-bond acceptors (Lipinski definition) is 3. The molecule has 0 amide bonds. The first-order valence-electron chi connectivity index (χ1n) is 5.86. The molecule has 4 nitrogen and oxygen atoms in total. The first kappa shape index (κ1) is 11.9. The fourth-order valence-corrected chi connectivity index (χ4v) is 2.29. The van der Waals surface area contributed by atoms with E-state index in [1.54, 1.807) is 0 Å². The van der Waals surface area contributed by atoms with Gasteiger partial charge in [0.05, 0.1) is 7.11 Å². The third-order valence-corrected chi connectivity index (χ3v) is 3.66. The van der Waals surface area contributed by atoms with E-state index in [-0.39, 0.29) is 16.7 Å². The quantitative estimate of drug-likeness (QED) is 0.793. The standard InChI is InChI=1S/C13H17NO3/c1-7-4-9-10(5-8(7)2)14-13(16)12(17-3)6-11(9)15/h6-8H,4-5H2,1-3H3,(H,14,16). The van der Waals surface area contributed by atoms with Gasteiger partial charge in [-0.25, -0.2) is 0 Å². The molecule has 1 aromatic rings. The maximum atomic E-state index is 12.0. The Kier molecular flexibility index (Phi) is 3.05. The van der Waals surface area contributed by atoms with Gasteiger partial charge in [0.2, 0.25) is 0 Å². The Morgan fingerprint density at radius 2 is 1.88 bits per heavy atom. The highest BCUT2D eigenvalue weighted by atomic mass is 16.5. The Balaban J connectivity index is 2.68. The van der Waals surface area contributed by atoms with Crippen LogP contribution in [0.2, 0.25) is 0 Å². The number of H-pyrrole nitrogens is 1. The fourth-order valence-electron chi connectivity index (χ4n) is 2.29. The highest BCUT2D eigenvalue weighted by Crippen LogP contribution is 2.26. The number of methoxy groups -OCH3 is 1. The Bertz CT molecular complexity index is 547. The van der Waals surface area contributed by atoms with Crippen molar-refractivity contribution in [3.05, 3.63) is 37.9 Å². The number of aromatic amines is 1. The zero-order valence-corrected chi connectivity index (χ0v) is 10.4. The van der Waals surface area contributed by atoms with Gasteiger partial charge in [-0.05, 0) is 24.7 Å². The van der Waals surface area contributed by atoms with Gasteiger partial charge in [0.1, 0.15) is 0 Å². The summed E-state index contributed by atoms with van der Waals surface area (Å²) in [5, 5.41) is 0. The van der Waals surface area contributed by atoms with Crippen LogP contribution in [0.15, 0.2) is 15.7 Å². The minimum atomic E-state index is -0.326. The van der Waals surface area contributed by atoms with Crippen molar-refractivity contribution >= 4 is 0 Å². The zero-order chi connectivity index (χ0) is 12.6. The van der Waals surface area contributed by atoms with Crippen LogP contribution in [0.5, 0.6) is 5.75 Å². The lowest BCUT2D eigenvalue weighted by molar-refractivity contribution is 0.355. The normalized spacial score (nSPS) is 23.0. The second-order valence-corrected chi connectivity index (χ2v) is 4.85. The highest BCUT2D eigenvalue weighted by molar-refractivity contribution is 5.28. The van der Waals surface area contributed by atoms with Crippen molar-refractivity contribution in [2.75, 3.05) is 7.11 Å². The number of ether oxygens (including phenoxy) is 1. The zero-order valence-electron chi connectivity index (χ0n) is 10.4. The molecule has 0 spiro atoms. The van der Waals surface area contributed by atoms with Gasteiger partial charge < -0.3 is 9.72 Å². The summed E-state index contributed by atoms with van der Waals surface area (Å²) in [4.78, 5) is 26.5. The molecule has 1 heterocycles. The Hall–Kier alpha value is -1.58. The highest BCUT2D eigenvalue weighted by Gasteiger charge is 2.24. The van der Waals surface area contributed by atoms with Gasteiger partial charge in [-0.3, -0.25) is 9.59 Å². The van der Waals surface area contributed by atoms with Crippen LogP contribution in [0, 0.1) is 11.8 Å². The van der Waals surface area contributed by atoms with Crippen LogP contribution in [0.4, 0.5) is 0 Å². The molecule has 2 atom stereocenters. The van der Waals surface area contributed by atoms with Crippen molar-refractivity contribution in [2.45, 2.75) is 26.7 Å². The lowest BCUT2D eigenvalue weighted by Gasteiger charge is -2.25. The second kappa shape index (κ2) is 4.35. The molecule has 0 saturated heterocycles. The fraction of sp³-hybridized carbons (Fsp3) is 0.538. The number of rotatable bonds is 1. The average molecular weight is 235 g/mol. The van der Waals surface area contributed by atoms with Gasteiger partial charge in [0.15, 0.2) is 11.2 Å². The first-order chi connectivity index (χ1) is 8.02. The molecule has 1 aliphatic rings. The summed E-state index contributed by atoms with van der Waals surface area (Å²) in [6.07, 6.45) is 1.47. The molecule has 1 N–H and O–H groups in total. The van der Waals surface area contributed by atoms with E-state index >= 15 is 0 Å². The average Bonchev–Trinajstić information content (AvgIpc) is 2.39. The first-order valence-corrected chi connectivity index (χ1v) is 5.86. The maximum absolute atomic E-state index is 12.0. The van der Waals surface area contributed by atoms with Gasteiger partial charge >= 0.3 is 0 Å². The van der Waals surface area contributed by atoms with Gasteiger partial charge in [-0.2, -0.15) is 0 Å². The predicted octanol–water partition coefficient (Wildman–Crippen LogP) is 1.11. The van der Waals surface area contributed by atoms with E-state index in [4.69, 9.17) is 4.74 Å². The van der Waals surface area contributed by atoms with Crippen LogP contribution in [-0.2, 0) is 12.8 Å². The minimum Gasteiger partial charge on any atom is -0.491 e. The van der Waals surface area contributed by atoms with Crippen molar-refractivity contribution in [2.24, 2.45) is 11.8 Å². The largest absolute Gasteiger partial charge is 0.491 e. The number of aromatic nitrogens is 1. The summed E-state index contributed by atoms with van der Waals surface area (Å²) in [6, 6.07) is 1.29. The van der Waals surface area contributed by atoms with Crippen molar-refractivity contribution in [3.63, 3.8) is 0 Å². The molecule has 0 fully saturated rings. The number of fused-ring (bicyclic) bond motifs is 1. The number of nitrogens with one attached hydrogen (secondary N) is 1. The lowest BCUT2D eigenvalue weighted by atomic mass is 9.80. The van der Waals surface area contributed by atoms with E-state index in [9.17, 15) is 9.59 Å². The SMILES string of the molecule is COc1cc(=O)c2c([nH]c1=O)CC(C)C(C)C2. The molecule has 0 aromatic carbocycles. The molecule has 4 heteroatoms. The summed E-state index contributed by atoms with van der Waals surface area (Å²) in [5.41, 5.74) is 1.08. The van der Waals surface area contributed by atoms with E-state index in [1.165, 1.54) is 13.2 Å². The van der Waals surface area contributed by atoms with Crippen LogP contribution in [-0.4, -0.2) is 12.1 Å². The Labute approximate surface area is 99.6 Å². The van der Waals surface area contributed by atoms with Crippen LogP contribution in [0.25, 0.3) is 0 Å². The Morgan fingerprint density at radius 3 is 2.53 bits per heavy atom. The molecule has 17 heavy (non-hydrogen) atoms. The van der Waals surface area contributed by atoms with Crippen molar-refractivity contribution < 1.29 is 4.74 Å². The van der Waals surface area contributed by atoms with Crippen molar-refractivity contribution in [1.82, 2.24) is 4.98 Å². The molecule has 0 bridgehead atoms. The van der Waals surface area contributed by atoms with Gasteiger partial charge in [-0.1, -0.05) is 13.8 Å². The molecule has 0 saturated carbocycles. The summed E-state index contributed by atoms with van der Waals surface area (Å²) < 4.78 is 4.92. The van der Waals surface area contributed by atoms with Crippen molar-refractivity contribution in [3.8, 4) is 5.75 Å². The van der Waals surface area contributed by atoms with Gasteiger partial charge in [0, 0.05) is 17.3 Å². The topological polar surface area (TPSA) is 59.2 Å². The molecular weight excluding hydrogens is 218 g/mol.